The Kier molecular flexibility index (Phi) is 2.56. The lowest BCUT2D eigenvalue weighted by Crippen LogP contribution is -2.00. The molecule has 0 fully saturated rings. The standard InChI is InChI=1S/C9H14ClN3/c10-9-7(6-11)12-8-4-2-1-3-5-13(8)9/h1-6,11H2. The highest BCUT2D eigenvalue weighted by atomic mass is 35.5. The number of imidazole rings is 1. The molecule has 1 aromatic heterocycles. The zero-order valence-electron chi connectivity index (χ0n) is 7.59. The molecule has 0 aliphatic carbocycles. The second-order valence-electron chi connectivity index (χ2n) is 3.43. The van der Waals surface area contributed by atoms with Gasteiger partial charge in [-0.1, -0.05) is 18.0 Å². The highest BCUT2D eigenvalue weighted by molar-refractivity contribution is 6.30. The minimum Gasteiger partial charge on any atom is -0.325 e. The molecule has 0 aromatic carbocycles. The summed E-state index contributed by atoms with van der Waals surface area (Å²) in [5.41, 5.74) is 6.39. The maximum atomic E-state index is 6.14. The van der Waals surface area contributed by atoms with Gasteiger partial charge in [-0.25, -0.2) is 4.98 Å². The average molecular weight is 200 g/mol. The molecule has 2 N–H and O–H groups in total. The van der Waals surface area contributed by atoms with Crippen molar-refractivity contribution in [3.05, 3.63) is 16.7 Å². The molecule has 2 heterocycles. The van der Waals surface area contributed by atoms with E-state index in [0.717, 1.165) is 29.6 Å². The molecule has 72 valence electrons. The molecule has 1 aliphatic heterocycles. The van der Waals surface area contributed by atoms with Gasteiger partial charge in [-0.2, -0.15) is 0 Å². The minimum atomic E-state index is 0.443. The van der Waals surface area contributed by atoms with Crippen molar-refractivity contribution in [1.82, 2.24) is 9.55 Å². The Bertz CT molecular complexity index is 306. The number of nitrogens with zero attached hydrogens (tertiary/aromatic N) is 2. The zero-order chi connectivity index (χ0) is 9.26. The van der Waals surface area contributed by atoms with Gasteiger partial charge in [0.2, 0.25) is 0 Å². The number of rotatable bonds is 1. The van der Waals surface area contributed by atoms with Crippen molar-refractivity contribution >= 4 is 11.6 Å². The molecular formula is C9H14ClN3. The molecule has 13 heavy (non-hydrogen) atoms. The van der Waals surface area contributed by atoms with Crippen LogP contribution in [0, 0.1) is 0 Å². The zero-order valence-corrected chi connectivity index (χ0v) is 8.35. The fourth-order valence-electron chi connectivity index (χ4n) is 1.81. The lowest BCUT2D eigenvalue weighted by Gasteiger charge is -2.02. The van der Waals surface area contributed by atoms with E-state index in [1.54, 1.807) is 0 Å². The quantitative estimate of drug-likeness (QED) is 0.749. The Hall–Kier alpha value is -0.540. The molecule has 3 nitrogen and oxygen atoms in total. The van der Waals surface area contributed by atoms with Gasteiger partial charge in [0.1, 0.15) is 11.0 Å². The van der Waals surface area contributed by atoms with Gasteiger partial charge >= 0.3 is 0 Å². The van der Waals surface area contributed by atoms with Crippen LogP contribution in [0.1, 0.15) is 30.8 Å². The van der Waals surface area contributed by atoms with Crippen molar-refractivity contribution in [3.8, 4) is 0 Å². The molecule has 1 aliphatic rings. The number of aromatic nitrogens is 2. The molecule has 4 heteroatoms. The first-order chi connectivity index (χ1) is 6.33. The first kappa shape index (κ1) is 9.03. The van der Waals surface area contributed by atoms with Crippen LogP contribution in [-0.2, 0) is 19.5 Å². The highest BCUT2D eigenvalue weighted by Gasteiger charge is 2.15. The highest BCUT2D eigenvalue weighted by Crippen LogP contribution is 2.22. The fourth-order valence-corrected chi connectivity index (χ4v) is 2.11. The molecule has 0 amide bonds. The molecule has 0 atom stereocenters. The smallest absolute Gasteiger partial charge is 0.133 e. The largest absolute Gasteiger partial charge is 0.325 e. The Morgan fingerprint density at radius 2 is 2.23 bits per heavy atom. The third kappa shape index (κ3) is 1.58. The van der Waals surface area contributed by atoms with Crippen LogP contribution in [0.3, 0.4) is 0 Å². The average Bonchev–Trinajstić information content (AvgIpc) is 2.37. The van der Waals surface area contributed by atoms with E-state index in [1.165, 1.54) is 19.3 Å². The van der Waals surface area contributed by atoms with Crippen molar-refractivity contribution < 1.29 is 0 Å². The summed E-state index contributed by atoms with van der Waals surface area (Å²) in [7, 11) is 0. The number of hydrogen-bond acceptors (Lipinski definition) is 2. The topological polar surface area (TPSA) is 43.8 Å². The minimum absolute atomic E-state index is 0.443. The Morgan fingerprint density at radius 3 is 3.00 bits per heavy atom. The predicted molar refractivity (Wildman–Crippen MR) is 52.7 cm³/mol. The summed E-state index contributed by atoms with van der Waals surface area (Å²) in [6.45, 7) is 1.44. The van der Waals surface area contributed by atoms with E-state index in [-0.39, 0.29) is 0 Å². The van der Waals surface area contributed by atoms with Crippen molar-refractivity contribution in [2.75, 3.05) is 0 Å². The van der Waals surface area contributed by atoms with Crippen LogP contribution < -0.4 is 5.73 Å². The molecule has 0 saturated carbocycles. The van der Waals surface area contributed by atoms with E-state index in [0.29, 0.717) is 6.54 Å². The van der Waals surface area contributed by atoms with Crippen LogP contribution in [0.2, 0.25) is 5.15 Å². The van der Waals surface area contributed by atoms with Gasteiger partial charge in [0.15, 0.2) is 0 Å². The molecule has 0 bridgehead atoms. The second kappa shape index (κ2) is 3.68. The number of nitrogens with two attached hydrogens (primary N) is 1. The monoisotopic (exact) mass is 199 g/mol. The normalized spacial score (nSPS) is 16.8. The lowest BCUT2D eigenvalue weighted by molar-refractivity contribution is 0.634. The number of hydrogen-bond donors (Lipinski definition) is 1. The third-order valence-electron chi connectivity index (χ3n) is 2.53. The van der Waals surface area contributed by atoms with Crippen LogP contribution in [0.15, 0.2) is 0 Å². The van der Waals surface area contributed by atoms with Crippen LogP contribution >= 0.6 is 11.6 Å². The fraction of sp³-hybridized carbons (Fsp3) is 0.667. The molecule has 0 saturated heterocycles. The maximum Gasteiger partial charge on any atom is 0.133 e. The van der Waals surface area contributed by atoms with E-state index >= 15 is 0 Å². The molecule has 1 aromatic rings. The summed E-state index contributed by atoms with van der Waals surface area (Å²) in [5, 5.41) is 0.749. The van der Waals surface area contributed by atoms with Crippen LogP contribution in [0.4, 0.5) is 0 Å². The SMILES string of the molecule is NCc1nc2n(c1Cl)CCCCC2. The summed E-state index contributed by atoms with van der Waals surface area (Å²) >= 11 is 6.14. The van der Waals surface area contributed by atoms with Gasteiger partial charge in [0.25, 0.3) is 0 Å². The summed E-state index contributed by atoms with van der Waals surface area (Å²) < 4.78 is 2.11. The van der Waals surface area contributed by atoms with E-state index in [4.69, 9.17) is 17.3 Å². The van der Waals surface area contributed by atoms with Gasteiger partial charge < -0.3 is 10.3 Å². The van der Waals surface area contributed by atoms with Gasteiger partial charge in [-0.3, -0.25) is 0 Å². The van der Waals surface area contributed by atoms with Crippen LogP contribution in [0.5, 0.6) is 0 Å². The molecule has 0 radical (unpaired) electrons. The van der Waals surface area contributed by atoms with E-state index in [9.17, 15) is 0 Å². The number of fused-ring (bicyclic) bond motifs is 1. The van der Waals surface area contributed by atoms with Crippen LogP contribution in [-0.4, -0.2) is 9.55 Å². The number of aryl methyl sites for hydroxylation is 1. The number of halogens is 1. The predicted octanol–water partition coefficient (Wildman–Crippen LogP) is 1.72. The van der Waals surface area contributed by atoms with Gasteiger partial charge in [-0.15, -0.1) is 0 Å². The Balaban J connectivity index is 2.38. The van der Waals surface area contributed by atoms with E-state index < -0.39 is 0 Å². The summed E-state index contributed by atoms with van der Waals surface area (Å²) in [5.74, 6) is 1.11. The first-order valence-corrected chi connectivity index (χ1v) is 5.14. The van der Waals surface area contributed by atoms with Gasteiger partial charge in [-0.05, 0) is 12.8 Å². The van der Waals surface area contributed by atoms with Crippen LogP contribution in [0.25, 0.3) is 0 Å². The summed E-state index contributed by atoms with van der Waals surface area (Å²) in [6, 6.07) is 0. The van der Waals surface area contributed by atoms with Crippen molar-refractivity contribution in [2.45, 2.75) is 38.8 Å². The molecular weight excluding hydrogens is 186 g/mol. The molecule has 0 spiro atoms. The Morgan fingerprint density at radius 1 is 1.38 bits per heavy atom. The van der Waals surface area contributed by atoms with Gasteiger partial charge in [0, 0.05) is 19.5 Å². The molecule has 0 unspecified atom stereocenters. The van der Waals surface area contributed by atoms with Gasteiger partial charge in [0.05, 0.1) is 5.69 Å². The Labute approximate surface area is 82.9 Å². The van der Waals surface area contributed by atoms with Crippen molar-refractivity contribution in [2.24, 2.45) is 5.73 Å². The third-order valence-corrected chi connectivity index (χ3v) is 2.95. The lowest BCUT2D eigenvalue weighted by atomic mass is 10.2. The first-order valence-electron chi connectivity index (χ1n) is 4.76. The van der Waals surface area contributed by atoms with E-state index in [2.05, 4.69) is 9.55 Å². The van der Waals surface area contributed by atoms with E-state index in [1.807, 2.05) is 0 Å². The summed E-state index contributed by atoms with van der Waals surface area (Å²) in [4.78, 5) is 4.43. The molecule has 2 rings (SSSR count). The van der Waals surface area contributed by atoms with Crippen molar-refractivity contribution in [3.63, 3.8) is 0 Å². The summed E-state index contributed by atoms with van der Waals surface area (Å²) in [6.07, 6.45) is 4.74. The van der Waals surface area contributed by atoms with Crippen molar-refractivity contribution in [1.29, 1.82) is 0 Å². The maximum absolute atomic E-state index is 6.14. The second-order valence-corrected chi connectivity index (χ2v) is 3.79.